The van der Waals surface area contributed by atoms with Crippen LogP contribution in [0.4, 0.5) is 0 Å². The van der Waals surface area contributed by atoms with Crippen molar-refractivity contribution in [2.45, 2.75) is 31.9 Å². The summed E-state index contributed by atoms with van der Waals surface area (Å²) in [4.78, 5) is 12.4. The minimum Gasteiger partial charge on any atom is -0.475 e. The number of carbonyl (C=O) groups is 1. The van der Waals surface area contributed by atoms with Gasteiger partial charge < -0.3 is 24.1 Å². The summed E-state index contributed by atoms with van der Waals surface area (Å²) in [7, 11) is 0. The van der Waals surface area contributed by atoms with E-state index >= 15 is 0 Å². The Morgan fingerprint density at radius 3 is 2.00 bits per heavy atom. The summed E-state index contributed by atoms with van der Waals surface area (Å²) in [5.74, 6) is -1.06. The molecule has 1 aliphatic heterocycles. The lowest BCUT2D eigenvalue weighted by Crippen LogP contribution is -2.38. The van der Waals surface area contributed by atoms with Crippen LogP contribution < -0.4 is 0 Å². The molecule has 1 aliphatic rings. The molecule has 6 heteroatoms. The molecular weight excluding hydrogens is 392 g/mol. The Bertz CT molecular complexity index is 1070. The maximum absolute atomic E-state index is 10.6. The van der Waals surface area contributed by atoms with Gasteiger partial charge in [0.1, 0.15) is 0 Å². The zero-order valence-corrected chi connectivity index (χ0v) is 17.5. The molecule has 0 amide bonds. The number of benzene rings is 2. The van der Waals surface area contributed by atoms with Crippen molar-refractivity contribution in [1.29, 1.82) is 0 Å². The molecule has 0 bridgehead atoms. The van der Waals surface area contributed by atoms with Crippen molar-refractivity contribution in [1.82, 2.24) is 9.47 Å². The van der Waals surface area contributed by atoms with Crippen molar-refractivity contribution in [3.63, 3.8) is 0 Å². The van der Waals surface area contributed by atoms with Gasteiger partial charge in [0.2, 0.25) is 5.76 Å². The first-order valence-corrected chi connectivity index (χ1v) is 10.8. The summed E-state index contributed by atoms with van der Waals surface area (Å²) in [6.45, 7) is 3.69. The Kier molecular flexibility index (Phi) is 6.70. The summed E-state index contributed by atoms with van der Waals surface area (Å²) >= 11 is 0. The zero-order valence-electron chi connectivity index (χ0n) is 17.5. The maximum atomic E-state index is 10.6. The van der Waals surface area contributed by atoms with E-state index in [0.717, 1.165) is 19.6 Å². The van der Waals surface area contributed by atoms with Gasteiger partial charge in [0, 0.05) is 28.4 Å². The smallest absolute Gasteiger partial charge is 0.371 e. The molecule has 6 nitrogen and oxygen atoms in total. The van der Waals surface area contributed by atoms with Gasteiger partial charge in [0.05, 0.1) is 18.9 Å². The van der Waals surface area contributed by atoms with E-state index in [4.69, 9.17) is 5.11 Å². The topological polar surface area (TPSA) is 78.8 Å². The largest absolute Gasteiger partial charge is 0.475 e. The third-order valence-corrected chi connectivity index (χ3v) is 5.72. The summed E-state index contributed by atoms with van der Waals surface area (Å²) in [6, 6.07) is 19.9. The number of aromatic carboxylic acids is 1. The van der Waals surface area contributed by atoms with Crippen LogP contribution in [-0.4, -0.2) is 51.4 Å². The Morgan fingerprint density at radius 1 is 0.871 bits per heavy atom. The molecule has 0 aliphatic carbocycles. The number of hydrogen-bond acceptors (Lipinski definition) is 4. The fourth-order valence-corrected chi connectivity index (χ4v) is 4.31. The highest BCUT2D eigenvalue weighted by Crippen LogP contribution is 2.29. The van der Waals surface area contributed by atoms with Crippen LogP contribution in [0.1, 0.15) is 29.8 Å². The molecule has 1 unspecified atom stereocenters. The van der Waals surface area contributed by atoms with E-state index < -0.39 is 5.97 Å². The number of aliphatic hydroxyl groups excluding tert-OH is 1. The molecule has 4 aromatic rings. The Balaban J connectivity index is 0.000000245. The predicted octanol–water partition coefficient (Wildman–Crippen LogP) is 4.62. The number of β-amino-alcohol motifs (C(OH)–C–C–N with tert-alkyl or cyclic N) is 1. The number of rotatable bonds is 5. The molecule has 2 aromatic carbocycles. The summed E-state index contributed by atoms with van der Waals surface area (Å²) < 4.78 is 6.77. The van der Waals surface area contributed by atoms with E-state index in [0.29, 0.717) is 6.54 Å². The van der Waals surface area contributed by atoms with Gasteiger partial charge >= 0.3 is 5.97 Å². The second-order valence-electron chi connectivity index (χ2n) is 7.94. The molecular formula is C25H28N2O4. The minimum absolute atomic E-state index is 0.0231. The lowest BCUT2D eigenvalue weighted by atomic mass is 10.1. The number of hydrogen-bond donors (Lipinski definition) is 2. The average Bonchev–Trinajstić information content (AvgIpc) is 3.43. The number of nitrogens with zero attached hydrogens (tertiary/aromatic N) is 2. The molecule has 31 heavy (non-hydrogen) atoms. The SMILES string of the molecule is O=C(O)c1ccco1.OC(CN1CCCCC1)Cn1c2ccccc2c2ccccc21. The van der Waals surface area contributed by atoms with Gasteiger partial charge in [0.15, 0.2) is 0 Å². The van der Waals surface area contributed by atoms with Crippen LogP contribution in [0, 0.1) is 0 Å². The molecule has 5 rings (SSSR count). The molecule has 1 saturated heterocycles. The van der Waals surface area contributed by atoms with Crippen LogP contribution in [0.15, 0.2) is 71.3 Å². The maximum Gasteiger partial charge on any atom is 0.371 e. The van der Waals surface area contributed by atoms with Gasteiger partial charge in [-0.25, -0.2) is 4.79 Å². The highest BCUT2D eigenvalue weighted by atomic mass is 16.4. The van der Waals surface area contributed by atoms with Crippen molar-refractivity contribution in [2.24, 2.45) is 0 Å². The van der Waals surface area contributed by atoms with Crippen LogP contribution in [0.2, 0.25) is 0 Å². The van der Waals surface area contributed by atoms with E-state index in [-0.39, 0.29) is 11.9 Å². The number of likely N-dealkylation sites (tertiary alicyclic amines) is 1. The first-order valence-electron chi connectivity index (χ1n) is 10.8. The summed E-state index contributed by atoms with van der Waals surface area (Å²) in [6.07, 6.45) is 4.86. The molecule has 3 heterocycles. The first kappa shape index (κ1) is 21.2. The van der Waals surface area contributed by atoms with Crippen LogP contribution in [0.3, 0.4) is 0 Å². The third kappa shape index (κ3) is 4.98. The number of carboxylic acid groups (broad SMARTS) is 1. The van der Waals surface area contributed by atoms with E-state index in [1.54, 1.807) is 0 Å². The minimum atomic E-state index is -1.03. The normalized spacial score (nSPS) is 15.5. The van der Waals surface area contributed by atoms with E-state index in [1.165, 1.54) is 59.5 Å². The Morgan fingerprint density at radius 2 is 1.48 bits per heavy atom. The lowest BCUT2D eigenvalue weighted by Gasteiger charge is -2.28. The standard InChI is InChI=1S/C20H24N2O.C5H4O3/c23-16(14-21-12-6-1-7-13-21)15-22-19-10-4-2-8-17(19)18-9-3-5-11-20(18)22;6-5(7)4-2-1-3-8-4/h2-5,8-11,16,23H,1,6-7,12-15H2;1-3H,(H,6,7). The van der Waals surface area contributed by atoms with Crippen LogP contribution in [-0.2, 0) is 6.54 Å². The van der Waals surface area contributed by atoms with Crippen molar-refractivity contribution in [3.8, 4) is 0 Å². The van der Waals surface area contributed by atoms with E-state index in [1.807, 2.05) is 0 Å². The fourth-order valence-electron chi connectivity index (χ4n) is 4.31. The molecule has 1 fully saturated rings. The van der Waals surface area contributed by atoms with Gasteiger partial charge in [-0.05, 0) is 50.2 Å². The molecule has 0 saturated carbocycles. The number of carboxylic acids is 1. The van der Waals surface area contributed by atoms with Gasteiger partial charge in [-0.3, -0.25) is 0 Å². The number of furan rings is 1. The van der Waals surface area contributed by atoms with Crippen molar-refractivity contribution in [3.05, 3.63) is 72.7 Å². The number of piperidine rings is 1. The number of para-hydroxylation sites is 2. The molecule has 0 radical (unpaired) electrons. The van der Waals surface area contributed by atoms with Gasteiger partial charge in [-0.15, -0.1) is 0 Å². The monoisotopic (exact) mass is 420 g/mol. The quantitative estimate of drug-likeness (QED) is 0.493. The highest BCUT2D eigenvalue weighted by Gasteiger charge is 2.17. The molecule has 2 aromatic heterocycles. The zero-order chi connectivity index (χ0) is 21.6. The second-order valence-corrected chi connectivity index (χ2v) is 7.94. The van der Waals surface area contributed by atoms with Gasteiger partial charge in [0.25, 0.3) is 0 Å². The van der Waals surface area contributed by atoms with E-state index in [2.05, 4.69) is 62.4 Å². The van der Waals surface area contributed by atoms with Crippen molar-refractivity contribution < 1.29 is 19.4 Å². The number of aromatic nitrogens is 1. The molecule has 162 valence electrons. The number of fused-ring (bicyclic) bond motifs is 3. The van der Waals surface area contributed by atoms with Gasteiger partial charge in [-0.1, -0.05) is 42.8 Å². The first-order chi connectivity index (χ1) is 15.1. The summed E-state index contributed by atoms with van der Waals surface area (Å²) in [5, 5.41) is 21.4. The highest BCUT2D eigenvalue weighted by molar-refractivity contribution is 6.07. The molecule has 1 atom stereocenters. The summed E-state index contributed by atoms with van der Waals surface area (Å²) in [5.41, 5.74) is 2.43. The number of aliphatic hydroxyl groups is 1. The molecule has 2 N–H and O–H groups in total. The van der Waals surface area contributed by atoms with Crippen molar-refractivity contribution in [2.75, 3.05) is 19.6 Å². The Hall–Kier alpha value is -3.09. The Labute approximate surface area is 181 Å². The van der Waals surface area contributed by atoms with Crippen LogP contribution in [0.25, 0.3) is 21.8 Å². The van der Waals surface area contributed by atoms with Crippen molar-refractivity contribution >= 4 is 27.8 Å². The van der Waals surface area contributed by atoms with Crippen LogP contribution in [0.5, 0.6) is 0 Å². The molecule has 0 spiro atoms. The van der Waals surface area contributed by atoms with Gasteiger partial charge in [-0.2, -0.15) is 0 Å². The predicted molar refractivity (Wildman–Crippen MR) is 121 cm³/mol. The lowest BCUT2D eigenvalue weighted by molar-refractivity contribution is 0.0662. The second kappa shape index (κ2) is 9.81. The average molecular weight is 421 g/mol. The van der Waals surface area contributed by atoms with E-state index in [9.17, 15) is 9.90 Å². The van der Waals surface area contributed by atoms with Crippen LogP contribution >= 0.6 is 0 Å². The third-order valence-electron chi connectivity index (χ3n) is 5.72. The fraction of sp³-hybridized carbons (Fsp3) is 0.320.